The molecule has 0 atom stereocenters. The van der Waals surface area contributed by atoms with Crippen molar-refractivity contribution in [3.63, 3.8) is 0 Å². The summed E-state index contributed by atoms with van der Waals surface area (Å²) in [6.07, 6.45) is 5.87. The van der Waals surface area contributed by atoms with Crippen LogP contribution in [0.4, 0.5) is 4.39 Å². The molecule has 32 heavy (non-hydrogen) atoms. The van der Waals surface area contributed by atoms with Crippen molar-refractivity contribution in [1.82, 2.24) is 15.2 Å². The Morgan fingerprint density at radius 2 is 1.88 bits per heavy atom. The average molecular weight is 454 g/mol. The summed E-state index contributed by atoms with van der Waals surface area (Å²) in [5, 5.41) is 5.04. The summed E-state index contributed by atoms with van der Waals surface area (Å²) in [4.78, 5) is 17.8. The molecular formula is C25H28FN3O2S. The van der Waals surface area contributed by atoms with Crippen LogP contribution in [-0.2, 0) is 13.1 Å². The van der Waals surface area contributed by atoms with E-state index in [2.05, 4.69) is 10.3 Å². The molecule has 1 aromatic heterocycles. The number of methoxy groups -OCH3 is 1. The van der Waals surface area contributed by atoms with E-state index in [1.54, 1.807) is 19.2 Å². The minimum atomic E-state index is -0.274. The minimum absolute atomic E-state index is 0.157. The predicted molar refractivity (Wildman–Crippen MR) is 129 cm³/mol. The van der Waals surface area contributed by atoms with E-state index in [0.29, 0.717) is 35.6 Å². The van der Waals surface area contributed by atoms with Gasteiger partial charge in [0.15, 0.2) is 5.11 Å². The lowest BCUT2D eigenvalue weighted by molar-refractivity contribution is 0.362. The minimum Gasteiger partial charge on any atom is -0.497 e. The van der Waals surface area contributed by atoms with E-state index >= 15 is 0 Å². The Morgan fingerprint density at radius 1 is 1.12 bits per heavy atom. The van der Waals surface area contributed by atoms with Crippen molar-refractivity contribution in [2.75, 3.05) is 7.11 Å². The van der Waals surface area contributed by atoms with Gasteiger partial charge in [0.2, 0.25) is 0 Å². The molecule has 0 amide bonds. The lowest BCUT2D eigenvalue weighted by atomic mass is 9.96. The van der Waals surface area contributed by atoms with Gasteiger partial charge >= 0.3 is 0 Å². The zero-order chi connectivity index (χ0) is 22.5. The standard InChI is InChI=1S/C25H28FN3O2S/c1-31-22-12-9-18-13-19(24(30)28-23(18)14-22)16-29(15-17-7-10-20(26)11-8-17)25(32)27-21-5-3-2-4-6-21/h7-14,21H,2-6,15-16H2,1H3,(H,27,32)(H,28,30). The highest BCUT2D eigenvalue weighted by molar-refractivity contribution is 7.80. The molecule has 0 saturated heterocycles. The summed E-state index contributed by atoms with van der Waals surface area (Å²) in [5.74, 6) is 0.418. The Balaban J connectivity index is 1.59. The molecule has 7 heteroatoms. The van der Waals surface area contributed by atoms with Gasteiger partial charge in [-0.1, -0.05) is 31.4 Å². The Hall–Kier alpha value is -2.93. The third-order valence-corrected chi connectivity index (χ3v) is 6.37. The Kier molecular flexibility index (Phi) is 7.05. The van der Waals surface area contributed by atoms with E-state index in [0.717, 1.165) is 29.3 Å². The van der Waals surface area contributed by atoms with Gasteiger partial charge in [-0.3, -0.25) is 4.79 Å². The molecule has 1 aliphatic rings. The van der Waals surface area contributed by atoms with Gasteiger partial charge in [-0.25, -0.2) is 4.39 Å². The second kappa shape index (κ2) is 10.1. The van der Waals surface area contributed by atoms with Gasteiger partial charge in [0.1, 0.15) is 11.6 Å². The molecule has 1 heterocycles. The fourth-order valence-electron chi connectivity index (χ4n) is 4.20. The fraction of sp³-hybridized carbons (Fsp3) is 0.360. The Bertz CT molecular complexity index is 1140. The zero-order valence-electron chi connectivity index (χ0n) is 18.2. The summed E-state index contributed by atoms with van der Waals surface area (Å²) in [6.45, 7) is 0.839. The number of aromatic nitrogens is 1. The maximum atomic E-state index is 13.4. The molecule has 0 aliphatic heterocycles. The van der Waals surface area contributed by atoms with Crippen LogP contribution in [0.25, 0.3) is 10.9 Å². The van der Waals surface area contributed by atoms with Crippen molar-refractivity contribution in [2.45, 2.75) is 51.2 Å². The summed E-state index contributed by atoms with van der Waals surface area (Å²) in [7, 11) is 1.60. The molecule has 168 valence electrons. The van der Waals surface area contributed by atoms with Gasteiger partial charge in [-0.15, -0.1) is 0 Å². The third-order valence-electron chi connectivity index (χ3n) is 6.00. The summed E-state index contributed by atoms with van der Waals surface area (Å²) >= 11 is 5.76. The van der Waals surface area contributed by atoms with Crippen molar-refractivity contribution in [1.29, 1.82) is 0 Å². The second-order valence-corrected chi connectivity index (χ2v) is 8.73. The SMILES string of the molecule is COc1ccc2cc(CN(Cc3ccc(F)cc3)C(=S)NC3CCCCC3)c(=O)[nH]c2c1. The lowest BCUT2D eigenvalue weighted by Gasteiger charge is -2.31. The van der Waals surface area contributed by atoms with Gasteiger partial charge in [0.25, 0.3) is 5.56 Å². The van der Waals surface area contributed by atoms with E-state index in [9.17, 15) is 9.18 Å². The number of benzene rings is 2. The van der Waals surface area contributed by atoms with Crippen LogP contribution in [0.2, 0.25) is 0 Å². The number of rotatable bonds is 6. The topological polar surface area (TPSA) is 57.4 Å². The monoisotopic (exact) mass is 453 g/mol. The molecule has 3 aromatic rings. The first kappa shape index (κ1) is 22.3. The van der Waals surface area contributed by atoms with Gasteiger partial charge in [0.05, 0.1) is 19.2 Å². The average Bonchev–Trinajstić information content (AvgIpc) is 2.80. The molecule has 0 bridgehead atoms. The molecule has 1 fully saturated rings. The molecule has 1 saturated carbocycles. The molecular weight excluding hydrogens is 425 g/mol. The maximum absolute atomic E-state index is 13.4. The number of hydrogen-bond acceptors (Lipinski definition) is 3. The number of nitrogens with one attached hydrogen (secondary N) is 2. The molecule has 2 N–H and O–H groups in total. The van der Waals surface area contributed by atoms with Crippen LogP contribution in [0.15, 0.2) is 53.3 Å². The van der Waals surface area contributed by atoms with Gasteiger partial charge in [0, 0.05) is 24.2 Å². The quantitative estimate of drug-likeness (QED) is 0.521. The van der Waals surface area contributed by atoms with Crippen LogP contribution < -0.4 is 15.6 Å². The predicted octanol–water partition coefficient (Wildman–Crippen LogP) is 4.89. The van der Waals surface area contributed by atoms with Gasteiger partial charge in [-0.05, 0) is 66.3 Å². The highest BCUT2D eigenvalue weighted by Crippen LogP contribution is 2.21. The number of ether oxygens (including phenoxy) is 1. The van der Waals surface area contributed by atoms with Crippen molar-refractivity contribution < 1.29 is 9.13 Å². The van der Waals surface area contributed by atoms with Crippen LogP contribution in [-0.4, -0.2) is 28.1 Å². The number of pyridine rings is 1. The molecule has 2 aromatic carbocycles. The Morgan fingerprint density at radius 3 is 2.59 bits per heavy atom. The van der Waals surface area contributed by atoms with Crippen molar-refractivity contribution in [3.8, 4) is 5.75 Å². The fourth-order valence-corrected chi connectivity index (χ4v) is 4.49. The number of H-pyrrole nitrogens is 1. The summed E-state index contributed by atoms with van der Waals surface area (Å²) in [6, 6.07) is 14.3. The molecule has 0 unspecified atom stereocenters. The first-order chi connectivity index (χ1) is 15.5. The lowest BCUT2D eigenvalue weighted by Crippen LogP contribution is -2.45. The van der Waals surface area contributed by atoms with Gasteiger partial charge < -0.3 is 19.9 Å². The van der Waals surface area contributed by atoms with Crippen LogP contribution in [0.5, 0.6) is 5.75 Å². The first-order valence-corrected chi connectivity index (χ1v) is 11.4. The first-order valence-electron chi connectivity index (χ1n) is 11.0. The number of aromatic amines is 1. The summed E-state index contributed by atoms with van der Waals surface area (Å²) in [5.41, 5.74) is 2.13. The van der Waals surface area contributed by atoms with Crippen LogP contribution in [0, 0.1) is 5.82 Å². The molecule has 4 rings (SSSR count). The second-order valence-electron chi connectivity index (χ2n) is 8.34. The molecule has 1 aliphatic carbocycles. The third kappa shape index (κ3) is 5.46. The molecule has 0 radical (unpaired) electrons. The highest BCUT2D eigenvalue weighted by Gasteiger charge is 2.19. The van der Waals surface area contributed by atoms with Gasteiger partial charge in [-0.2, -0.15) is 0 Å². The van der Waals surface area contributed by atoms with E-state index in [1.807, 2.05) is 29.2 Å². The van der Waals surface area contributed by atoms with E-state index in [-0.39, 0.29) is 11.4 Å². The van der Waals surface area contributed by atoms with Crippen LogP contribution >= 0.6 is 12.2 Å². The normalized spacial score (nSPS) is 14.3. The number of fused-ring (bicyclic) bond motifs is 1. The molecule has 0 spiro atoms. The maximum Gasteiger partial charge on any atom is 0.253 e. The Labute approximate surface area is 192 Å². The largest absolute Gasteiger partial charge is 0.497 e. The number of thiocarbonyl (C=S) groups is 1. The molecule has 5 nitrogen and oxygen atoms in total. The zero-order valence-corrected chi connectivity index (χ0v) is 19.0. The van der Waals surface area contributed by atoms with E-state index < -0.39 is 0 Å². The highest BCUT2D eigenvalue weighted by atomic mass is 32.1. The number of hydrogen-bond donors (Lipinski definition) is 2. The number of nitrogens with zero attached hydrogens (tertiary/aromatic N) is 1. The summed E-state index contributed by atoms with van der Waals surface area (Å²) < 4.78 is 18.6. The van der Waals surface area contributed by atoms with E-state index in [4.69, 9.17) is 17.0 Å². The smallest absolute Gasteiger partial charge is 0.253 e. The van der Waals surface area contributed by atoms with Crippen molar-refractivity contribution in [3.05, 3.63) is 75.8 Å². The van der Waals surface area contributed by atoms with Crippen molar-refractivity contribution in [2.24, 2.45) is 0 Å². The van der Waals surface area contributed by atoms with Crippen LogP contribution in [0.1, 0.15) is 43.2 Å². The number of halogens is 1. The van der Waals surface area contributed by atoms with Crippen LogP contribution in [0.3, 0.4) is 0 Å². The van der Waals surface area contributed by atoms with Crippen molar-refractivity contribution >= 4 is 28.2 Å². The van der Waals surface area contributed by atoms with E-state index in [1.165, 1.54) is 31.4 Å².